The molecule has 128 valence electrons. The van der Waals surface area contributed by atoms with Crippen molar-refractivity contribution < 1.29 is 0 Å². The number of piperidine rings is 1. The molecule has 1 saturated heterocycles. The zero-order valence-corrected chi connectivity index (χ0v) is 14.6. The maximum absolute atomic E-state index is 5.90. The molecular formula is C20H28N4. The van der Waals surface area contributed by atoms with Gasteiger partial charge in [-0.2, -0.15) is 0 Å². The highest BCUT2D eigenvalue weighted by molar-refractivity contribution is 5.40. The molecule has 2 N–H and O–H groups in total. The summed E-state index contributed by atoms with van der Waals surface area (Å²) in [5, 5.41) is 0. The predicted octanol–water partition coefficient (Wildman–Crippen LogP) is 3.40. The Labute approximate surface area is 145 Å². The van der Waals surface area contributed by atoms with Gasteiger partial charge in [-0.05, 0) is 55.1 Å². The van der Waals surface area contributed by atoms with Gasteiger partial charge in [0.15, 0.2) is 0 Å². The number of nitrogen functional groups attached to an aromatic ring is 1. The van der Waals surface area contributed by atoms with Gasteiger partial charge in [-0.15, -0.1) is 0 Å². The first-order chi connectivity index (χ1) is 11.7. The van der Waals surface area contributed by atoms with Crippen molar-refractivity contribution in [2.24, 2.45) is 5.92 Å². The minimum atomic E-state index is 0.769. The number of nitrogens with zero attached hydrogens (tertiary/aromatic N) is 3. The van der Waals surface area contributed by atoms with Crippen LogP contribution in [0.15, 0.2) is 48.7 Å². The van der Waals surface area contributed by atoms with Crippen LogP contribution in [0.4, 0.5) is 11.5 Å². The van der Waals surface area contributed by atoms with Crippen molar-refractivity contribution >= 4 is 11.5 Å². The van der Waals surface area contributed by atoms with Crippen molar-refractivity contribution in [2.45, 2.75) is 26.3 Å². The van der Waals surface area contributed by atoms with Crippen LogP contribution in [-0.4, -0.2) is 36.1 Å². The molecular weight excluding hydrogens is 296 g/mol. The summed E-state index contributed by atoms with van der Waals surface area (Å²) in [5.41, 5.74) is 8.06. The van der Waals surface area contributed by atoms with Gasteiger partial charge in [-0.3, -0.25) is 4.90 Å². The molecule has 1 aliphatic heterocycles. The number of anilines is 2. The quantitative estimate of drug-likeness (QED) is 0.827. The number of nitrogens with two attached hydrogens (primary N) is 1. The molecule has 0 aliphatic carbocycles. The Morgan fingerprint density at radius 1 is 1.17 bits per heavy atom. The first-order valence-electron chi connectivity index (χ1n) is 8.97. The van der Waals surface area contributed by atoms with Crippen molar-refractivity contribution in [1.29, 1.82) is 0 Å². The van der Waals surface area contributed by atoms with E-state index < -0.39 is 0 Å². The molecule has 2 heterocycles. The summed E-state index contributed by atoms with van der Waals surface area (Å²) in [6.07, 6.45) is 4.36. The number of rotatable bonds is 6. The normalized spacial score (nSPS) is 15.8. The number of pyridine rings is 1. The predicted molar refractivity (Wildman–Crippen MR) is 101 cm³/mol. The van der Waals surface area contributed by atoms with E-state index in [1.54, 1.807) is 0 Å². The summed E-state index contributed by atoms with van der Waals surface area (Å²) in [7, 11) is 0. The lowest BCUT2D eigenvalue weighted by molar-refractivity contribution is 0.213. The van der Waals surface area contributed by atoms with E-state index in [1.165, 1.54) is 24.9 Å². The molecule has 0 amide bonds. The van der Waals surface area contributed by atoms with Gasteiger partial charge < -0.3 is 10.6 Å². The van der Waals surface area contributed by atoms with Crippen LogP contribution in [0.2, 0.25) is 0 Å². The summed E-state index contributed by atoms with van der Waals surface area (Å²) in [5.74, 6) is 1.88. The Morgan fingerprint density at radius 2 is 2.00 bits per heavy atom. The topological polar surface area (TPSA) is 45.4 Å². The van der Waals surface area contributed by atoms with Crippen LogP contribution in [-0.2, 0) is 6.54 Å². The first-order valence-corrected chi connectivity index (χ1v) is 8.97. The van der Waals surface area contributed by atoms with Crippen LogP contribution >= 0.6 is 0 Å². The van der Waals surface area contributed by atoms with Gasteiger partial charge in [0.2, 0.25) is 0 Å². The van der Waals surface area contributed by atoms with Gasteiger partial charge in [0, 0.05) is 38.1 Å². The largest absolute Gasteiger partial charge is 0.399 e. The van der Waals surface area contributed by atoms with Crippen molar-refractivity contribution in [1.82, 2.24) is 9.88 Å². The maximum Gasteiger partial charge on any atom is 0.128 e. The van der Waals surface area contributed by atoms with E-state index >= 15 is 0 Å². The highest BCUT2D eigenvalue weighted by Gasteiger charge is 2.21. The zero-order valence-electron chi connectivity index (χ0n) is 14.6. The van der Waals surface area contributed by atoms with Crippen molar-refractivity contribution in [2.75, 3.05) is 36.8 Å². The lowest BCUT2D eigenvalue weighted by atomic mass is 9.96. The molecule has 1 fully saturated rings. The van der Waals surface area contributed by atoms with Crippen LogP contribution in [0.3, 0.4) is 0 Å². The van der Waals surface area contributed by atoms with E-state index in [9.17, 15) is 0 Å². The van der Waals surface area contributed by atoms with Gasteiger partial charge in [0.25, 0.3) is 0 Å². The fraction of sp³-hybridized carbons (Fsp3) is 0.450. The van der Waals surface area contributed by atoms with E-state index in [4.69, 9.17) is 5.73 Å². The van der Waals surface area contributed by atoms with E-state index in [0.29, 0.717) is 0 Å². The molecule has 3 rings (SSSR count). The molecule has 0 bridgehead atoms. The monoisotopic (exact) mass is 324 g/mol. The number of aromatic nitrogens is 1. The average molecular weight is 324 g/mol. The highest BCUT2D eigenvalue weighted by Crippen LogP contribution is 2.23. The second kappa shape index (κ2) is 8.15. The molecule has 0 saturated carbocycles. The molecule has 0 radical (unpaired) electrons. The van der Waals surface area contributed by atoms with E-state index in [-0.39, 0.29) is 0 Å². The van der Waals surface area contributed by atoms with E-state index in [0.717, 1.165) is 43.6 Å². The van der Waals surface area contributed by atoms with Crippen LogP contribution in [0.1, 0.15) is 25.3 Å². The lowest BCUT2D eigenvalue weighted by Gasteiger charge is -2.35. The number of benzene rings is 1. The van der Waals surface area contributed by atoms with Crippen LogP contribution in [0.25, 0.3) is 0 Å². The van der Waals surface area contributed by atoms with E-state index in [2.05, 4.69) is 46.0 Å². The molecule has 2 aromatic rings. The summed E-state index contributed by atoms with van der Waals surface area (Å²) in [6.45, 7) is 7.70. The average Bonchev–Trinajstić information content (AvgIpc) is 2.62. The lowest BCUT2D eigenvalue weighted by Crippen LogP contribution is -2.39. The summed E-state index contributed by atoms with van der Waals surface area (Å²) >= 11 is 0. The van der Waals surface area contributed by atoms with Gasteiger partial charge in [0.1, 0.15) is 5.82 Å². The molecule has 4 heteroatoms. The molecule has 24 heavy (non-hydrogen) atoms. The molecule has 0 unspecified atom stereocenters. The number of hydrogen-bond donors (Lipinski definition) is 1. The smallest absolute Gasteiger partial charge is 0.128 e. The minimum absolute atomic E-state index is 0.769. The Balaban J connectivity index is 1.51. The third-order valence-corrected chi connectivity index (χ3v) is 4.91. The number of hydrogen-bond acceptors (Lipinski definition) is 4. The second-order valence-electron chi connectivity index (χ2n) is 6.69. The standard InChI is InChI=1S/C20H28N4/c1-2-23(16-18-6-5-7-19(21)14-18)15-17-9-12-24(13-10-17)20-8-3-4-11-22-20/h3-8,11,14,17H,2,9-10,12-13,15-16,21H2,1H3. The summed E-state index contributed by atoms with van der Waals surface area (Å²) in [6, 6.07) is 14.4. The van der Waals surface area contributed by atoms with Crippen LogP contribution < -0.4 is 10.6 Å². The van der Waals surface area contributed by atoms with Crippen molar-refractivity contribution in [3.05, 3.63) is 54.2 Å². The van der Waals surface area contributed by atoms with Gasteiger partial charge >= 0.3 is 0 Å². The molecule has 0 spiro atoms. The highest BCUT2D eigenvalue weighted by atomic mass is 15.2. The first kappa shape index (κ1) is 16.8. The Kier molecular flexibility index (Phi) is 5.70. The minimum Gasteiger partial charge on any atom is -0.399 e. The molecule has 1 aliphatic rings. The van der Waals surface area contributed by atoms with Gasteiger partial charge in [-0.25, -0.2) is 4.98 Å². The Hall–Kier alpha value is -2.07. The van der Waals surface area contributed by atoms with Crippen LogP contribution in [0, 0.1) is 5.92 Å². The third kappa shape index (κ3) is 4.48. The van der Waals surface area contributed by atoms with Crippen LogP contribution in [0.5, 0.6) is 0 Å². The summed E-state index contributed by atoms with van der Waals surface area (Å²) in [4.78, 5) is 9.42. The Bertz CT molecular complexity index is 621. The zero-order chi connectivity index (χ0) is 16.8. The van der Waals surface area contributed by atoms with Gasteiger partial charge in [0.05, 0.1) is 0 Å². The fourth-order valence-corrected chi connectivity index (χ4v) is 3.51. The second-order valence-corrected chi connectivity index (χ2v) is 6.69. The summed E-state index contributed by atoms with van der Waals surface area (Å²) < 4.78 is 0. The van der Waals surface area contributed by atoms with Crippen molar-refractivity contribution in [3.63, 3.8) is 0 Å². The molecule has 4 nitrogen and oxygen atoms in total. The molecule has 1 aromatic carbocycles. The van der Waals surface area contributed by atoms with Gasteiger partial charge in [-0.1, -0.05) is 25.1 Å². The SMILES string of the molecule is CCN(Cc1cccc(N)c1)CC1CCN(c2ccccn2)CC1. The van der Waals surface area contributed by atoms with E-state index in [1.807, 2.05) is 24.4 Å². The molecule has 1 aromatic heterocycles. The molecule has 0 atom stereocenters. The fourth-order valence-electron chi connectivity index (χ4n) is 3.51. The third-order valence-electron chi connectivity index (χ3n) is 4.91. The Morgan fingerprint density at radius 3 is 2.67 bits per heavy atom. The maximum atomic E-state index is 5.90. The van der Waals surface area contributed by atoms with Crippen molar-refractivity contribution in [3.8, 4) is 0 Å².